The first-order valence-corrected chi connectivity index (χ1v) is 5.38. The Kier molecular flexibility index (Phi) is 2.07. The van der Waals surface area contributed by atoms with E-state index in [-0.39, 0.29) is 17.8 Å². The molecule has 2 unspecified atom stereocenters. The second kappa shape index (κ2) is 2.93. The maximum atomic E-state index is 12.3. The fourth-order valence-electron chi connectivity index (χ4n) is 2.95. The number of ketones is 1. The summed E-state index contributed by atoms with van der Waals surface area (Å²) in [5.41, 5.74) is 0.484. The molecule has 78 valence electrons. The Balaban J connectivity index is 2.48. The van der Waals surface area contributed by atoms with Gasteiger partial charge < -0.3 is 5.11 Å². The molecule has 0 aromatic carbocycles. The standard InChI is InChI=1S/C12H18O2/c1-9-4-7-12(8-13)6-3-5-11(9,2)10(12)14/h4,13H,3,5-8H2,1-2H3. The van der Waals surface area contributed by atoms with Gasteiger partial charge in [-0.25, -0.2) is 0 Å². The number of hydrogen-bond acceptors (Lipinski definition) is 2. The molecule has 1 saturated carbocycles. The fraction of sp³-hybridized carbons (Fsp3) is 0.750. The zero-order valence-electron chi connectivity index (χ0n) is 8.97. The number of hydrogen-bond donors (Lipinski definition) is 1. The molecule has 2 atom stereocenters. The Bertz CT molecular complexity index is 305. The van der Waals surface area contributed by atoms with Gasteiger partial charge in [0.25, 0.3) is 0 Å². The Morgan fingerprint density at radius 3 is 2.86 bits per heavy atom. The van der Waals surface area contributed by atoms with Gasteiger partial charge in [-0.15, -0.1) is 0 Å². The van der Waals surface area contributed by atoms with Gasteiger partial charge in [0.15, 0.2) is 5.78 Å². The summed E-state index contributed by atoms with van der Waals surface area (Å²) in [6.45, 7) is 4.10. The average Bonchev–Trinajstić information content (AvgIpc) is 2.18. The van der Waals surface area contributed by atoms with Crippen LogP contribution in [-0.2, 0) is 4.79 Å². The van der Waals surface area contributed by atoms with Crippen LogP contribution in [0.25, 0.3) is 0 Å². The van der Waals surface area contributed by atoms with Crippen molar-refractivity contribution in [2.24, 2.45) is 10.8 Å². The van der Waals surface area contributed by atoms with Gasteiger partial charge >= 0.3 is 0 Å². The molecule has 2 aliphatic carbocycles. The molecule has 2 rings (SSSR count). The van der Waals surface area contributed by atoms with Crippen molar-refractivity contribution in [1.29, 1.82) is 0 Å². The highest BCUT2D eigenvalue weighted by atomic mass is 16.3. The van der Waals surface area contributed by atoms with Gasteiger partial charge in [-0.1, -0.05) is 18.1 Å². The minimum Gasteiger partial charge on any atom is -0.395 e. The summed E-state index contributed by atoms with van der Waals surface area (Å²) < 4.78 is 0. The zero-order chi connectivity index (χ0) is 10.4. The van der Waals surface area contributed by atoms with Crippen molar-refractivity contribution in [3.8, 4) is 0 Å². The van der Waals surface area contributed by atoms with Crippen LogP contribution < -0.4 is 0 Å². The van der Waals surface area contributed by atoms with Crippen LogP contribution in [0.4, 0.5) is 0 Å². The van der Waals surface area contributed by atoms with Gasteiger partial charge in [0.05, 0.1) is 12.0 Å². The highest BCUT2D eigenvalue weighted by Gasteiger charge is 2.52. The lowest BCUT2D eigenvalue weighted by atomic mass is 9.55. The summed E-state index contributed by atoms with van der Waals surface area (Å²) in [5, 5.41) is 9.41. The van der Waals surface area contributed by atoms with Gasteiger partial charge in [-0.2, -0.15) is 0 Å². The Morgan fingerprint density at radius 1 is 1.50 bits per heavy atom. The molecule has 2 heteroatoms. The second-order valence-electron chi connectivity index (χ2n) is 5.04. The van der Waals surface area contributed by atoms with Crippen LogP contribution in [0.15, 0.2) is 11.6 Å². The second-order valence-corrected chi connectivity index (χ2v) is 5.04. The minimum absolute atomic E-state index is 0.0191. The molecule has 0 aromatic rings. The molecule has 1 fully saturated rings. The maximum Gasteiger partial charge on any atom is 0.151 e. The van der Waals surface area contributed by atoms with E-state index in [1.54, 1.807) is 0 Å². The van der Waals surface area contributed by atoms with E-state index in [0.29, 0.717) is 0 Å². The number of Topliss-reactive ketones (excluding diaryl/α,β-unsaturated/α-hetero) is 1. The first kappa shape index (κ1) is 9.91. The smallest absolute Gasteiger partial charge is 0.151 e. The zero-order valence-corrected chi connectivity index (χ0v) is 8.97. The normalized spacial score (nSPS) is 42.2. The molecule has 0 saturated heterocycles. The topological polar surface area (TPSA) is 37.3 Å². The third kappa shape index (κ3) is 1.04. The first-order chi connectivity index (χ1) is 6.55. The van der Waals surface area contributed by atoms with E-state index < -0.39 is 5.41 Å². The molecule has 2 nitrogen and oxygen atoms in total. The Morgan fingerprint density at radius 2 is 2.21 bits per heavy atom. The Labute approximate surface area is 85.0 Å². The molecule has 0 aliphatic heterocycles. The molecule has 14 heavy (non-hydrogen) atoms. The third-order valence-corrected chi connectivity index (χ3v) is 4.29. The van der Waals surface area contributed by atoms with Crippen molar-refractivity contribution >= 4 is 5.78 Å². The molecule has 0 heterocycles. The van der Waals surface area contributed by atoms with Crippen LogP contribution >= 0.6 is 0 Å². The van der Waals surface area contributed by atoms with E-state index in [1.807, 2.05) is 13.8 Å². The molecular formula is C12H18O2. The number of carbonyl (C=O) groups is 1. The monoisotopic (exact) mass is 194 g/mol. The minimum atomic E-state index is -0.438. The largest absolute Gasteiger partial charge is 0.395 e. The van der Waals surface area contributed by atoms with Crippen molar-refractivity contribution in [3.63, 3.8) is 0 Å². The van der Waals surface area contributed by atoms with E-state index in [0.717, 1.165) is 25.7 Å². The van der Waals surface area contributed by atoms with Gasteiger partial charge in [-0.05, 0) is 33.1 Å². The van der Waals surface area contributed by atoms with Crippen molar-refractivity contribution in [1.82, 2.24) is 0 Å². The summed E-state index contributed by atoms with van der Waals surface area (Å²) in [7, 11) is 0. The third-order valence-electron chi connectivity index (χ3n) is 4.29. The van der Waals surface area contributed by atoms with Crippen molar-refractivity contribution in [2.45, 2.75) is 39.5 Å². The van der Waals surface area contributed by atoms with Crippen LogP contribution in [0, 0.1) is 10.8 Å². The average molecular weight is 194 g/mol. The highest BCUT2D eigenvalue weighted by Crippen LogP contribution is 2.52. The van der Waals surface area contributed by atoms with Crippen LogP contribution in [0.5, 0.6) is 0 Å². The van der Waals surface area contributed by atoms with Crippen molar-refractivity contribution in [3.05, 3.63) is 11.6 Å². The Hall–Kier alpha value is -0.630. The van der Waals surface area contributed by atoms with E-state index in [9.17, 15) is 9.90 Å². The molecule has 1 N–H and O–H groups in total. The predicted octanol–water partition coefficient (Wildman–Crippen LogP) is 2.07. The highest BCUT2D eigenvalue weighted by molar-refractivity contribution is 5.94. The molecule has 0 spiro atoms. The van der Waals surface area contributed by atoms with Gasteiger partial charge in [0.2, 0.25) is 0 Å². The SMILES string of the molecule is CC1=CCC2(CO)CCCC1(C)C2=O. The molecular weight excluding hydrogens is 176 g/mol. The summed E-state index contributed by atoms with van der Waals surface area (Å²) in [6, 6.07) is 0. The summed E-state index contributed by atoms with van der Waals surface area (Å²) >= 11 is 0. The van der Waals surface area contributed by atoms with E-state index in [1.165, 1.54) is 5.57 Å². The predicted molar refractivity (Wildman–Crippen MR) is 54.9 cm³/mol. The van der Waals surface area contributed by atoms with Crippen LogP contribution in [-0.4, -0.2) is 17.5 Å². The van der Waals surface area contributed by atoms with Crippen LogP contribution in [0.3, 0.4) is 0 Å². The quantitative estimate of drug-likeness (QED) is 0.649. The number of rotatable bonds is 1. The van der Waals surface area contributed by atoms with Gasteiger partial charge in [-0.3, -0.25) is 4.79 Å². The summed E-state index contributed by atoms with van der Waals surface area (Å²) in [6.07, 6.45) is 5.77. The van der Waals surface area contributed by atoms with E-state index >= 15 is 0 Å². The lowest BCUT2D eigenvalue weighted by molar-refractivity contribution is -0.144. The number of allylic oxidation sites excluding steroid dienone is 2. The lowest BCUT2D eigenvalue weighted by Crippen LogP contribution is -2.50. The van der Waals surface area contributed by atoms with Crippen molar-refractivity contribution in [2.75, 3.05) is 6.61 Å². The van der Waals surface area contributed by atoms with Crippen molar-refractivity contribution < 1.29 is 9.90 Å². The summed E-state index contributed by atoms with van der Waals surface area (Å²) in [4.78, 5) is 12.3. The first-order valence-electron chi connectivity index (χ1n) is 5.38. The number of aliphatic hydroxyl groups is 1. The number of carbonyl (C=O) groups excluding carboxylic acids is 1. The number of fused-ring (bicyclic) bond motifs is 2. The fourth-order valence-corrected chi connectivity index (χ4v) is 2.95. The van der Waals surface area contributed by atoms with Gasteiger partial charge in [0, 0.05) is 5.41 Å². The maximum absolute atomic E-state index is 12.3. The van der Waals surface area contributed by atoms with E-state index in [4.69, 9.17) is 0 Å². The summed E-state index contributed by atoms with van der Waals surface area (Å²) in [5.74, 6) is 0.277. The molecule has 0 radical (unpaired) electrons. The lowest BCUT2D eigenvalue weighted by Gasteiger charge is -2.47. The molecule has 2 bridgehead atoms. The van der Waals surface area contributed by atoms with Crippen LogP contribution in [0.2, 0.25) is 0 Å². The van der Waals surface area contributed by atoms with Gasteiger partial charge in [0.1, 0.15) is 0 Å². The van der Waals surface area contributed by atoms with E-state index in [2.05, 4.69) is 6.08 Å². The molecule has 0 amide bonds. The number of aliphatic hydroxyl groups excluding tert-OH is 1. The molecule has 0 aromatic heterocycles. The van der Waals surface area contributed by atoms with Crippen LogP contribution in [0.1, 0.15) is 39.5 Å². The molecule has 2 aliphatic rings.